The van der Waals surface area contributed by atoms with Crippen molar-refractivity contribution in [2.24, 2.45) is 39.4 Å². The number of allylic oxidation sites excluding steroid dienone is 2. The van der Waals surface area contributed by atoms with Gasteiger partial charge in [-0.2, -0.15) is 0 Å². The monoisotopic (exact) mass is 566 g/mol. The summed E-state index contributed by atoms with van der Waals surface area (Å²) in [6, 6.07) is 0. The van der Waals surface area contributed by atoms with Crippen LogP contribution < -0.4 is 0 Å². The summed E-state index contributed by atoms with van der Waals surface area (Å²) in [7, 11) is 1.00. The fourth-order valence-corrected chi connectivity index (χ4v) is 8.66. The summed E-state index contributed by atoms with van der Waals surface area (Å²) >= 11 is 0. The molecule has 0 aromatic rings. The molecular formula is C31H50O9. The van der Waals surface area contributed by atoms with Crippen molar-refractivity contribution in [2.45, 2.75) is 111 Å². The molecule has 9 nitrogen and oxygen atoms in total. The summed E-state index contributed by atoms with van der Waals surface area (Å²) in [5.74, 6) is -1.33. The predicted molar refractivity (Wildman–Crippen MR) is 149 cm³/mol. The Morgan fingerprint density at radius 1 is 1.07 bits per heavy atom. The number of hydrogen-bond acceptors (Lipinski definition) is 9. The van der Waals surface area contributed by atoms with Crippen LogP contribution >= 0.6 is 0 Å². The fourth-order valence-electron chi connectivity index (χ4n) is 8.66. The molecule has 4 aliphatic rings. The highest BCUT2D eigenvalue weighted by atomic mass is 16.3. The van der Waals surface area contributed by atoms with Gasteiger partial charge < -0.3 is 30.3 Å². The lowest BCUT2D eigenvalue weighted by atomic mass is 9.38. The van der Waals surface area contributed by atoms with Crippen LogP contribution in [0.1, 0.15) is 87.0 Å². The summed E-state index contributed by atoms with van der Waals surface area (Å²) in [4.78, 5) is 47.9. The molecule has 0 bridgehead atoms. The maximum absolute atomic E-state index is 14.1. The molecule has 9 atom stereocenters. The van der Waals surface area contributed by atoms with Gasteiger partial charge in [0.25, 0.3) is 0 Å². The van der Waals surface area contributed by atoms with Crippen LogP contribution in [0, 0.1) is 39.4 Å². The molecule has 0 aliphatic heterocycles. The van der Waals surface area contributed by atoms with Gasteiger partial charge in [0.15, 0.2) is 11.6 Å². The van der Waals surface area contributed by atoms with Gasteiger partial charge in [0.05, 0.1) is 11.7 Å². The number of ketones is 3. The van der Waals surface area contributed by atoms with Crippen LogP contribution in [0.5, 0.6) is 0 Å². The zero-order chi connectivity index (χ0) is 31.2. The molecule has 4 rings (SSSR count). The van der Waals surface area contributed by atoms with Crippen molar-refractivity contribution in [3.8, 4) is 0 Å². The molecule has 228 valence electrons. The first-order valence-electron chi connectivity index (χ1n) is 14.1. The molecule has 3 fully saturated rings. The third-order valence-electron chi connectivity index (χ3n) is 11.4. The lowest BCUT2D eigenvalue weighted by Crippen LogP contribution is -2.64. The Balaban J connectivity index is 0.00000134. The maximum atomic E-state index is 14.1. The number of carbonyl (C=O) groups excluding carboxylic acids is 4. The van der Waals surface area contributed by atoms with Crippen molar-refractivity contribution < 1.29 is 44.7 Å². The predicted octanol–water partition coefficient (Wildman–Crippen LogP) is 2.19. The van der Waals surface area contributed by atoms with E-state index in [1.54, 1.807) is 0 Å². The molecular weight excluding hydrogens is 516 g/mol. The Bertz CT molecular complexity index is 1030. The van der Waals surface area contributed by atoms with E-state index < -0.39 is 51.9 Å². The second-order valence-corrected chi connectivity index (χ2v) is 13.9. The van der Waals surface area contributed by atoms with Gasteiger partial charge in [0.1, 0.15) is 24.8 Å². The van der Waals surface area contributed by atoms with Gasteiger partial charge in [-0.25, -0.2) is 0 Å². The molecule has 0 amide bonds. The van der Waals surface area contributed by atoms with Crippen molar-refractivity contribution in [2.75, 3.05) is 7.11 Å². The lowest BCUT2D eigenvalue weighted by Gasteiger charge is -2.64. The van der Waals surface area contributed by atoms with Crippen LogP contribution in [0.25, 0.3) is 0 Å². The van der Waals surface area contributed by atoms with Gasteiger partial charge >= 0.3 is 0 Å². The zero-order valence-corrected chi connectivity index (χ0v) is 25.4. The molecule has 3 saturated carbocycles. The Labute approximate surface area is 238 Å². The molecule has 0 aromatic carbocycles. The van der Waals surface area contributed by atoms with Crippen molar-refractivity contribution >= 4 is 24.1 Å². The summed E-state index contributed by atoms with van der Waals surface area (Å²) in [5, 5.41) is 49.1. The van der Waals surface area contributed by atoms with Gasteiger partial charge in [-0.05, 0) is 82.0 Å². The molecule has 9 unspecified atom stereocenters. The van der Waals surface area contributed by atoms with Crippen LogP contribution in [-0.4, -0.2) is 80.7 Å². The smallest absolute Gasteiger partial charge is 0.170 e. The first-order valence-corrected chi connectivity index (χ1v) is 14.1. The highest BCUT2D eigenvalue weighted by Crippen LogP contribution is 2.73. The molecule has 0 spiro atoms. The quantitative estimate of drug-likeness (QED) is 0.313. The molecule has 40 heavy (non-hydrogen) atoms. The third kappa shape index (κ3) is 4.96. The zero-order valence-electron chi connectivity index (χ0n) is 25.4. The average Bonchev–Trinajstić information content (AvgIpc) is 3.15. The van der Waals surface area contributed by atoms with E-state index in [1.165, 1.54) is 13.8 Å². The number of aliphatic hydroxyl groups is 5. The summed E-state index contributed by atoms with van der Waals surface area (Å²) < 4.78 is 0. The Morgan fingerprint density at radius 3 is 2.15 bits per heavy atom. The number of carbonyl (C=O) groups is 4. The van der Waals surface area contributed by atoms with E-state index in [2.05, 4.69) is 13.0 Å². The van der Waals surface area contributed by atoms with Gasteiger partial charge in [0, 0.05) is 30.8 Å². The minimum atomic E-state index is -1.46. The highest BCUT2D eigenvalue weighted by molar-refractivity contribution is 5.94. The SMILES string of the molecule is C=O.CC1(C)C(=O)C(O)CC2C1=CCC1C2(C)C(=O)CC2(C)C(C(O)C(=O)CC(O)C(C)(C)O)CCC12C.CO. The van der Waals surface area contributed by atoms with E-state index in [1.807, 2.05) is 34.5 Å². The van der Waals surface area contributed by atoms with Crippen LogP contribution in [0.15, 0.2) is 11.6 Å². The molecule has 0 aromatic heterocycles. The van der Waals surface area contributed by atoms with E-state index in [0.717, 1.165) is 19.1 Å². The minimum Gasteiger partial charge on any atom is -0.400 e. The van der Waals surface area contributed by atoms with Gasteiger partial charge in [-0.1, -0.05) is 32.4 Å². The lowest BCUT2D eigenvalue weighted by molar-refractivity contribution is -0.177. The Kier molecular flexibility index (Phi) is 9.88. The van der Waals surface area contributed by atoms with E-state index >= 15 is 0 Å². The maximum Gasteiger partial charge on any atom is 0.170 e. The molecule has 0 saturated heterocycles. The Hall–Kier alpha value is -1.78. The molecule has 4 aliphatic carbocycles. The molecule has 9 heteroatoms. The summed E-state index contributed by atoms with van der Waals surface area (Å²) in [6.45, 7) is 14.7. The van der Waals surface area contributed by atoms with Crippen molar-refractivity contribution in [3.05, 3.63) is 11.6 Å². The minimum absolute atomic E-state index is 0.0459. The first kappa shape index (κ1) is 34.4. The fraction of sp³-hybridized carbons (Fsp3) is 0.806. The average molecular weight is 567 g/mol. The van der Waals surface area contributed by atoms with Gasteiger partial charge in [-0.15, -0.1) is 0 Å². The normalized spacial score (nSPS) is 39.6. The number of hydrogen-bond donors (Lipinski definition) is 5. The second-order valence-electron chi connectivity index (χ2n) is 13.9. The largest absolute Gasteiger partial charge is 0.400 e. The van der Waals surface area contributed by atoms with Crippen LogP contribution in [-0.2, 0) is 19.2 Å². The van der Waals surface area contributed by atoms with E-state index in [0.29, 0.717) is 12.8 Å². The van der Waals surface area contributed by atoms with Crippen molar-refractivity contribution in [1.29, 1.82) is 0 Å². The first-order chi connectivity index (χ1) is 18.3. The highest BCUT2D eigenvalue weighted by Gasteiger charge is 2.71. The van der Waals surface area contributed by atoms with E-state index in [9.17, 15) is 34.8 Å². The van der Waals surface area contributed by atoms with Crippen LogP contribution in [0.4, 0.5) is 0 Å². The number of rotatable bonds is 5. The second kappa shape index (κ2) is 11.5. The van der Waals surface area contributed by atoms with Crippen molar-refractivity contribution in [1.82, 2.24) is 0 Å². The van der Waals surface area contributed by atoms with Crippen molar-refractivity contribution in [3.63, 3.8) is 0 Å². The van der Waals surface area contributed by atoms with E-state index in [4.69, 9.17) is 9.90 Å². The summed E-state index contributed by atoms with van der Waals surface area (Å²) in [5.41, 5.74) is -3.01. The van der Waals surface area contributed by atoms with Gasteiger partial charge in [-0.3, -0.25) is 14.4 Å². The topological polar surface area (TPSA) is 169 Å². The number of aliphatic hydroxyl groups excluding tert-OH is 4. The molecule has 0 radical (unpaired) electrons. The molecule has 0 heterocycles. The Morgan fingerprint density at radius 2 is 1.62 bits per heavy atom. The van der Waals surface area contributed by atoms with Gasteiger partial charge in [0.2, 0.25) is 0 Å². The third-order valence-corrected chi connectivity index (χ3v) is 11.4. The summed E-state index contributed by atoms with van der Waals surface area (Å²) in [6.07, 6.45) is 0.513. The van der Waals surface area contributed by atoms with Crippen LogP contribution in [0.3, 0.4) is 0 Å². The van der Waals surface area contributed by atoms with Crippen LogP contribution in [0.2, 0.25) is 0 Å². The molecule has 5 N–H and O–H groups in total. The standard InChI is InChI=1S/C29H44O7.CH4O.CH2O/c1-25(2)15-8-9-20-27(5)11-10-16(23(34)18(30)13-21(32)26(3,4)36)28(27,6)14-22(33)29(20,7)17(15)12-19(31)24(25)35;2*1-2/h8,16-17,19-21,23,31-32,34,36H,9-14H2,1-7H3;2H,1H3;1H2. The van der Waals surface area contributed by atoms with E-state index in [-0.39, 0.29) is 48.1 Å². The number of Topliss-reactive ketones (excluding diaryl/α,β-unsaturated/α-hetero) is 3. The number of fused-ring (bicyclic) bond motifs is 5.